The quantitative estimate of drug-likeness (QED) is 0.817. The molecule has 0 fully saturated rings. The maximum absolute atomic E-state index is 9.34. The van der Waals surface area contributed by atoms with Gasteiger partial charge in [0.05, 0.1) is 6.61 Å². The molecule has 0 spiro atoms. The molecule has 0 aliphatic heterocycles. The topological polar surface area (TPSA) is 61.3 Å². The minimum absolute atomic E-state index is 0.0901. The smallest absolute Gasteiger partial charge is 0.137 e. The molecule has 0 aliphatic carbocycles. The van der Waals surface area contributed by atoms with Crippen molar-refractivity contribution in [3.8, 4) is 0 Å². The minimum Gasteiger partial charge on any atom is -0.395 e. The molecule has 0 amide bonds. The summed E-state index contributed by atoms with van der Waals surface area (Å²) in [6, 6.07) is 10.2. The first-order valence-electron chi connectivity index (χ1n) is 7.21. The molecule has 21 heavy (non-hydrogen) atoms. The van der Waals surface area contributed by atoms with Gasteiger partial charge in [-0.1, -0.05) is 30.3 Å². The number of anilines is 2. The molecule has 2 aromatic rings. The van der Waals surface area contributed by atoms with Crippen LogP contribution >= 0.6 is 0 Å². The summed E-state index contributed by atoms with van der Waals surface area (Å²) in [6.07, 6.45) is 1.57. The van der Waals surface area contributed by atoms with Crippen molar-refractivity contribution in [3.05, 3.63) is 47.8 Å². The average Bonchev–Trinajstić information content (AvgIpc) is 2.50. The number of benzene rings is 1. The van der Waals surface area contributed by atoms with Crippen LogP contribution in [0.1, 0.15) is 18.1 Å². The van der Waals surface area contributed by atoms with Crippen LogP contribution in [0.15, 0.2) is 36.7 Å². The first-order valence-corrected chi connectivity index (χ1v) is 7.21. The van der Waals surface area contributed by atoms with Gasteiger partial charge in [0.15, 0.2) is 0 Å². The highest BCUT2D eigenvalue weighted by molar-refractivity contribution is 5.58. The van der Waals surface area contributed by atoms with Crippen LogP contribution in [0.3, 0.4) is 0 Å². The lowest BCUT2D eigenvalue weighted by Crippen LogP contribution is -2.28. The maximum Gasteiger partial charge on any atom is 0.137 e. The van der Waals surface area contributed by atoms with E-state index in [0.717, 1.165) is 23.7 Å². The second-order valence-corrected chi connectivity index (χ2v) is 4.83. The highest BCUT2D eigenvalue weighted by Crippen LogP contribution is 2.23. The largest absolute Gasteiger partial charge is 0.395 e. The zero-order chi connectivity index (χ0) is 15.1. The number of aliphatic hydroxyl groups is 1. The standard InChI is InChI=1S/C16H22N4O/c1-3-17-15-13(2)16(19-12-18-15)20(9-10-21)11-14-7-5-4-6-8-14/h4-8,12,21H,3,9-11H2,1-2H3,(H,17,18,19). The SMILES string of the molecule is CCNc1ncnc(N(CCO)Cc2ccccc2)c1C. The molecule has 0 radical (unpaired) electrons. The molecule has 1 aromatic heterocycles. The fourth-order valence-corrected chi connectivity index (χ4v) is 2.29. The van der Waals surface area contributed by atoms with E-state index in [2.05, 4.69) is 32.3 Å². The van der Waals surface area contributed by atoms with Crippen LogP contribution < -0.4 is 10.2 Å². The van der Waals surface area contributed by atoms with Crippen molar-refractivity contribution in [1.82, 2.24) is 9.97 Å². The van der Waals surface area contributed by atoms with Crippen molar-refractivity contribution in [2.45, 2.75) is 20.4 Å². The lowest BCUT2D eigenvalue weighted by atomic mass is 10.2. The Morgan fingerprint density at radius 3 is 2.62 bits per heavy atom. The highest BCUT2D eigenvalue weighted by atomic mass is 16.3. The zero-order valence-corrected chi connectivity index (χ0v) is 12.6. The van der Waals surface area contributed by atoms with Crippen molar-refractivity contribution in [2.24, 2.45) is 0 Å². The number of aliphatic hydroxyl groups excluding tert-OH is 1. The lowest BCUT2D eigenvalue weighted by molar-refractivity contribution is 0.301. The van der Waals surface area contributed by atoms with E-state index in [0.29, 0.717) is 13.1 Å². The van der Waals surface area contributed by atoms with Gasteiger partial charge < -0.3 is 15.3 Å². The Labute approximate surface area is 125 Å². The Bertz CT molecular complexity index is 559. The Kier molecular flexibility index (Phi) is 5.51. The fourth-order valence-electron chi connectivity index (χ4n) is 2.29. The summed E-state index contributed by atoms with van der Waals surface area (Å²) < 4.78 is 0. The Morgan fingerprint density at radius 1 is 1.19 bits per heavy atom. The van der Waals surface area contributed by atoms with Crippen LogP contribution in [0.2, 0.25) is 0 Å². The molecular weight excluding hydrogens is 264 g/mol. The van der Waals surface area contributed by atoms with Crippen LogP contribution in [0.4, 0.5) is 11.6 Å². The van der Waals surface area contributed by atoms with Gasteiger partial charge in [0, 0.05) is 25.2 Å². The van der Waals surface area contributed by atoms with E-state index in [1.54, 1.807) is 6.33 Å². The maximum atomic E-state index is 9.34. The predicted octanol–water partition coefficient (Wildman–Crippen LogP) is 2.22. The van der Waals surface area contributed by atoms with Gasteiger partial charge in [-0.25, -0.2) is 9.97 Å². The molecule has 0 saturated carbocycles. The molecule has 2 rings (SSSR count). The van der Waals surface area contributed by atoms with Gasteiger partial charge in [0.25, 0.3) is 0 Å². The molecule has 0 saturated heterocycles. The Balaban J connectivity index is 2.27. The van der Waals surface area contributed by atoms with Gasteiger partial charge in [0.1, 0.15) is 18.0 Å². The van der Waals surface area contributed by atoms with Crippen molar-refractivity contribution in [2.75, 3.05) is 29.9 Å². The first kappa shape index (κ1) is 15.3. The number of hydrogen-bond acceptors (Lipinski definition) is 5. The first-order chi connectivity index (χ1) is 10.3. The lowest BCUT2D eigenvalue weighted by Gasteiger charge is -2.25. The molecular formula is C16H22N4O. The summed E-state index contributed by atoms with van der Waals surface area (Å²) >= 11 is 0. The number of nitrogens with zero attached hydrogens (tertiary/aromatic N) is 3. The molecule has 1 heterocycles. The normalized spacial score (nSPS) is 10.4. The van der Waals surface area contributed by atoms with Gasteiger partial charge in [-0.3, -0.25) is 0 Å². The van der Waals surface area contributed by atoms with Gasteiger partial charge in [-0.2, -0.15) is 0 Å². The van der Waals surface area contributed by atoms with Crippen LogP contribution in [0.25, 0.3) is 0 Å². The number of aromatic nitrogens is 2. The third-order valence-corrected chi connectivity index (χ3v) is 3.29. The van der Waals surface area contributed by atoms with Crippen molar-refractivity contribution < 1.29 is 5.11 Å². The summed E-state index contributed by atoms with van der Waals surface area (Å²) in [5.74, 6) is 1.71. The second-order valence-electron chi connectivity index (χ2n) is 4.83. The summed E-state index contributed by atoms with van der Waals surface area (Å²) in [6.45, 7) is 6.20. The molecule has 0 unspecified atom stereocenters. The van der Waals surface area contributed by atoms with Crippen molar-refractivity contribution in [3.63, 3.8) is 0 Å². The monoisotopic (exact) mass is 286 g/mol. The zero-order valence-electron chi connectivity index (χ0n) is 12.6. The average molecular weight is 286 g/mol. The highest BCUT2D eigenvalue weighted by Gasteiger charge is 2.14. The van der Waals surface area contributed by atoms with E-state index in [4.69, 9.17) is 0 Å². The Morgan fingerprint density at radius 2 is 1.95 bits per heavy atom. The molecule has 5 nitrogen and oxygen atoms in total. The van der Waals surface area contributed by atoms with E-state index in [1.807, 2.05) is 32.0 Å². The third kappa shape index (κ3) is 3.92. The Hall–Kier alpha value is -2.14. The molecule has 0 bridgehead atoms. The van der Waals surface area contributed by atoms with Gasteiger partial charge in [0.2, 0.25) is 0 Å². The van der Waals surface area contributed by atoms with E-state index in [-0.39, 0.29) is 6.61 Å². The van der Waals surface area contributed by atoms with E-state index in [9.17, 15) is 5.11 Å². The summed E-state index contributed by atoms with van der Waals surface area (Å²) in [7, 11) is 0. The van der Waals surface area contributed by atoms with Gasteiger partial charge >= 0.3 is 0 Å². The van der Waals surface area contributed by atoms with Crippen molar-refractivity contribution in [1.29, 1.82) is 0 Å². The number of rotatable bonds is 7. The molecule has 0 atom stereocenters. The van der Waals surface area contributed by atoms with E-state index < -0.39 is 0 Å². The number of nitrogens with one attached hydrogen (secondary N) is 1. The molecule has 2 N–H and O–H groups in total. The van der Waals surface area contributed by atoms with Crippen molar-refractivity contribution >= 4 is 11.6 Å². The van der Waals surface area contributed by atoms with Crippen LogP contribution in [0, 0.1) is 6.92 Å². The molecule has 1 aromatic carbocycles. The fraction of sp³-hybridized carbons (Fsp3) is 0.375. The van der Waals surface area contributed by atoms with Crippen LogP contribution in [-0.4, -0.2) is 34.8 Å². The van der Waals surface area contributed by atoms with E-state index in [1.165, 1.54) is 5.56 Å². The number of hydrogen-bond donors (Lipinski definition) is 2. The molecule has 0 aliphatic rings. The van der Waals surface area contributed by atoms with Gasteiger partial charge in [-0.15, -0.1) is 0 Å². The summed E-state index contributed by atoms with van der Waals surface area (Å²) in [5, 5.41) is 12.6. The summed E-state index contributed by atoms with van der Waals surface area (Å²) in [4.78, 5) is 10.7. The van der Waals surface area contributed by atoms with Crippen LogP contribution in [-0.2, 0) is 6.54 Å². The third-order valence-electron chi connectivity index (χ3n) is 3.29. The van der Waals surface area contributed by atoms with E-state index >= 15 is 0 Å². The van der Waals surface area contributed by atoms with Crippen LogP contribution in [0.5, 0.6) is 0 Å². The summed E-state index contributed by atoms with van der Waals surface area (Å²) in [5.41, 5.74) is 2.19. The van der Waals surface area contributed by atoms with Gasteiger partial charge in [-0.05, 0) is 19.4 Å². The predicted molar refractivity (Wildman–Crippen MR) is 85.5 cm³/mol. The second kappa shape index (κ2) is 7.59. The molecule has 5 heteroatoms. The minimum atomic E-state index is 0.0901. The molecule has 112 valence electrons.